The molecule has 7 saturated carbocycles. The van der Waals surface area contributed by atoms with E-state index in [9.17, 15) is 0 Å². The predicted molar refractivity (Wildman–Crippen MR) is 153 cm³/mol. The van der Waals surface area contributed by atoms with Gasteiger partial charge in [-0.15, -0.1) is 0 Å². The zero-order valence-electron chi connectivity index (χ0n) is 26.3. The van der Waals surface area contributed by atoms with Gasteiger partial charge in [-0.05, 0) is 125 Å². The number of ketones is 1. The van der Waals surface area contributed by atoms with E-state index in [1.54, 1.807) is 0 Å². The third-order valence-corrected chi connectivity index (χ3v) is 17.3. The van der Waals surface area contributed by atoms with Crippen LogP contribution in [0.3, 0.4) is 0 Å². The summed E-state index contributed by atoms with van der Waals surface area (Å²) >= 11 is 0. The Morgan fingerprint density at radius 2 is 1.05 bits per heavy atom. The molecule has 0 heterocycles. The molecule has 1 heteroatoms. The highest BCUT2D eigenvalue weighted by Gasteiger charge is 2.92. The van der Waals surface area contributed by atoms with Crippen LogP contribution < -0.4 is 0 Å². The van der Waals surface area contributed by atoms with Gasteiger partial charge in [-0.2, -0.15) is 0 Å². The van der Waals surface area contributed by atoms with Crippen molar-refractivity contribution in [3.05, 3.63) is 0 Å². The molecule has 12 atom stereocenters. The molecule has 0 amide bonds. The third-order valence-electron chi connectivity index (χ3n) is 17.3. The zero-order chi connectivity index (χ0) is 26.9. The summed E-state index contributed by atoms with van der Waals surface area (Å²) in [5.74, 6) is 6.67. The quantitative estimate of drug-likeness (QED) is 0.364. The lowest BCUT2D eigenvalue weighted by atomic mass is 9.28. The molecular formula is C36H58O. The first kappa shape index (κ1) is 25.6. The fraction of sp³-hybridized carbons (Fsp3) is 0.972. The van der Waals surface area contributed by atoms with Crippen molar-refractivity contribution in [1.29, 1.82) is 0 Å². The summed E-state index contributed by atoms with van der Waals surface area (Å²) in [6, 6.07) is 0. The van der Waals surface area contributed by atoms with Crippen molar-refractivity contribution < 1.29 is 4.79 Å². The minimum atomic E-state index is -0.0858. The Hall–Kier alpha value is -0.330. The maximum absolute atomic E-state index is 16.3. The maximum atomic E-state index is 16.3. The Morgan fingerprint density at radius 1 is 0.622 bits per heavy atom. The summed E-state index contributed by atoms with van der Waals surface area (Å²) in [4.78, 5) is 16.3. The van der Waals surface area contributed by atoms with Crippen LogP contribution in [0.1, 0.15) is 128 Å². The minimum absolute atomic E-state index is 0.0499. The Labute approximate surface area is 229 Å². The van der Waals surface area contributed by atoms with Crippen LogP contribution in [0.4, 0.5) is 0 Å². The first-order valence-corrected chi connectivity index (χ1v) is 16.6. The van der Waals surface area contributed by atoms with E-state index in [2.05, 4.69) is 76.2 Å². The molecule has 3 spiro atoms. The number of hydrogen-bond donors (Lipinski definition) is 0. The third kappa shape index (κ3) is 2.10. The number of carbonyl (C=O) groups excluding carboxylic acids is 1. The van der Waals surface area contributed by atoms with E-state index >= 15 is 4.79 Å². The second-order valence-corrected chi connectivity index (χ2v) is 18.3. The topological polar surface area (TPSA) is 17.1 Å². The molecule has 0 aliphatic heterocycles. The Bertz CT molecular complexity index is 1040. The largest absolute Gasteiger partial charge is 0.298 e. The number of rotatable bonds is 2. The average molecular weight is 507 g/mol. The number of hydrogen-bond acceptors (Lipinski definition) is 1. The van der Waals surface area contributed by atoms with Crippen LogP contribution in [0.5, 0.6) is 0 Å². The van der Waals surface area contributed by atoms with E-state index in [0.717, 1.165) is 17.6 Å². The van der Waals surface area contributed by atoms with Crippen LogP contribution in [-0.2, 0) is 4.79 Å². The van der Waals surface area contributed by atoms with E-state index in [0.29, 0.717) is 52.3 Å². The Kier molecular flexibility index (Phi) is 4.68. The van der Waals surface area contributed by atoms with Gasteiger partial charge in [0.1, 0.15) is 5.78 Å². The highest BCUT2D eigenvalue weighted by atomic mass is 16.1. The minimum Gasteiger partial charge on any atom is -0.298 e. The van der Waals surface area contributed by atoms with Gasteiger partial charge in [-0.1, -0.05) is 82.6 Å². The number of Topliss-reactive ketones (excluding diaryl/α,β-unsaturated/α-hetero) is 1. The molecule has 0 saturated heterocycles. The Morgan fingerprint density at radius 3 is 1.59 bits per heavy atom. The van der Waals surface area contributed by atoms with Gasteiger partial charge in [-0.3, -0.25) is 4.79 Å². The van der Waals surface area contributed by atoms with E-state index in [4.69, 9.17) is 0 Å². The van der Waals surface area contributed by atoms with E-state index in [1.165, 1.54) is 51.4 Å². The molecule has 0 aromatic heterocycles. The second kappa shape index (κ2) is 6.75. The maximum Gasteiger partial charge on any atom is 0.147 e. The van der Waals surface area contributed by atoms with Crippen molar-refractivity contribution >= 4 is 5.78 Å². The molecule has 1 nitrogen and oxygen atoms in total. The van der Waals surface area contributed by atoms with Crippen molar-refractivity contribution in [2.75, 3.05) is 0 Å². The van der Waals surface area contributed by atoms with Crippen LogP contribution >= 0.6 is 0 Å². The van der Waals surface area contributed by atoms with E-state index in [1.807, 2.05) is 0 Å². The molecular weight excluding hydrogens is 448 g/mol. The smallest absolute Gasteiger partial charge is 0.147 e. The summed E-state index contributed by atoms with van der Waals surface area (Å²) in [6.45, 7) is 28.6. The molecule has 7 aliphatic carbocycles. The van der Waals surface area contributed by atoms with Gasteiger partial charge in [0.2, 0.25) is 0 Å². The van der Waals surface area contributed by atoms with Gasteiger partial charge in [-0.25, -0.2) is 0 Å². The van der Waals surface area contributed by atoms with Crippen LogP contribution in [0.25, 0.3) is 0 Å². The molecule has 37 heavy (non-hydrogen) atoms. The lowest BCUT2D eigenvalue weighted by Gasteiger charge is -2.74. The SMILES string of the molecule is CCCC1C(C)C(C)(C)C2CCC3C(C)(C)C4CCC5C(C)(C)C6CCC7C(C)(C)C(C)C76C(=O)C54C123. The van der Waals surface area contributed by atoms with Crippen molar-refractivity contribution in [3.8, 4) is 0 Å². The van der Waals surface area contributed by atoms with Crippen LogP contribution in [-0.4, -0.2) is 5.78 Å². The van der Waals surface area contributed by atoms with Gasteiger partial charge in [0.05, 0.1) is 0 Å². The van der Waals surface area contributed by atoms with Gasteiger partial charge in [0.15, 0.2) is 0 Å². The average Bonchev–Trinajstić information content (AvgIpc) is 3.57. The summed E-state index contributed by atoms with van der Waals surface area (Å²) in [5.41, 5.74) is 1.28. The second-order valence-electron chi connectivity index (χ2n) is 18.3. The molecule has 208 valence electrons. The molecule has 0 aromatic rings. The summed E-state index contributed by atoms with van der Waals surface area (Å²) in [5, 5.41) is 0. The molecule has 0 radical (unpaired) electrons. The first-order chi connectivity index (χ1) is 17.1. The van der Waals surface area contributed by atoms with Crippen molar-refractivity contribution in [2.45, 2.75) is 128 Å². The lowest BCUT2D eigenvalue weighted by molar-refractivity contribution is -0.253. The molecule has 0 aromatic carbocycles. The van der Waals surface area contributed by atoms with Crippen LogP contribution in [0, 0.1) is 91.2 Å². The fourth-order valence-corrected chi connectivity index (χ4v) is 16.4. The van der Waals surface area contributed by atoms with E-state index in [-0.39, 0.29) is 27.1 Å². The highest BCUT2D eigenvalue weighted by molar-refractivity contribution is 5.97. The molecule has 7 fully saturated rings. The fourth-order valence-electron chi connectivity index (χ4n) is 16.4. The van der Waals surface area contributed by atoms with Gasteiger partial charge >= 0.3 is 0 Å². The first-order valence-electron chi connectivity index (χ1n) is 16.6. The summed E-state index contributed by atoms with van der Waals surface area (Å²) < 4.78 is 0. The molecule has 7 rings (SSSR count). The molecule has 0 N–H and O–H groups in total. The number of carbonyl (C=O) groups is 1. The molecule has 7 aliphatic rings. The molecule has 12 unspecified atom stereocenters. The zero-order valence-corrected chi connectivity index (χ0v) is 26.3. The summed E-state index contributed by atoms with van der Waals surface area (Å²) in [6.07, 6.45) is 10.6. The highest BCUT2D eigenvalue weighted by Crippen LogP contribution is 2.93. The van der Waals surface area contributed by atoms with E-state index < -0.39 is 0 Å². The predicted octanol–water partition coefficient (Wildman–Crippen LogP) is 9.44. The normalized spacial score (nSPS) is 58.7. The lowest BCUT2D eigenvalue weighted by Crippen LogP contribution is -2.76. The van der Waals surface area contributed by atoms with Gasteiger partial charge in [0.25, 0.3) is 0 Å². The van der Waals surface area contributed by atoms with Gasteiger partial charge < -0.3 is 0 Å². The van der Waals surface area contributed by atoms with Crippen LogP contribution in [0.15, 0.2) is 0 Å². The summed E-state index contributed by atoms with van der Waals surface area (Å²) in [7, 11) is 0. The Balaban J connectivity index is 1.57. The monoisotopic (exact) mass is 506 g/mol. The molecule has 0 bridgehead atoms. The van der Waals surface area contributed by atoms with Crippen molar-refractivity contribution in [1.82, 2.24) is 0 Å². The van der Waals surface area contributed by atoms with Crippen LogP contribution in [0.2, 0.25) is 0 Å². The van der Waals surface area contributed by atoms with Crippen molar-refractivity contribution in [3.63, 3.8) is 0 Å². The standard InChI is InChI=1S/C36H58O/c1-12-13-22-20(2)30(4,5)25-16-17-26-33(10,11)28-19-18-27-32(8,9)24-15-14-23-31(6,7)21(3)34(23,24)29(37)36(27,28)35(22,25)26/h20-28H,12-19H2,1-11H3. The van der Waals surface area contributed by atoms with Crippen molar-refractivity contribution in [2.24, 2.45) is 91.2 Å². The van der Waals surface area contributed by atoms with Gasteiger partial charge in [0, 0.05) is 10.8 Å².